The summed E-state index contributed by atoms with van der Waals surface area (Å²) < 4.78 is 15.2. The average Bonchev–Trinajstić information content (AvgIpc) is 3.19. The molecule has 1 N–H and O–H groups in total. The van der Waals surface area contributed by atoms with Gasteiger partial charge in [0.1, 0.15) is 31.8 Å². The number of hydrogen-bond acceptors (Lipinski definition) is 12. The number of nitrogens with zero attached hydrogens (tertiary/aromatic N) is 3. The minimum Gasteiger partial charge on any atom is -0.507 e. The molecule has 2 heterocycles. The van der Waals surface area contributed by atoms with E-state index >= 15 is 0 Å². The van der Waals surface area contributed by atoms with Crippen molar-refractivity contribution in [2.45, 2.75) is 6.92 Å². The zero-order valence-corrected chi connectivity index (χ0v) is 19.0. The van der Waals surface area contributed by atoms with Crippen LogP contribution in [0.4, 0.5) is 0 Å². The number of hydrogen-bond donors (Lipinski definition) is 1. The van der Waals surface area contributed by atoms with Crippen molar-refractivity contribution in [1.82, 2.24) is 0 Å². The van der Waals surface area contributed by atoms with Crippen LogP contribution in [-0.2, 0) is 28.8 Å². The van der Waals surface area contributed by atoms with Crippen LogP contribution in [0, 0.1) is 0 Å². The van der Waals surface area contributed by atoms with Gasteiger partial charge in [-0.3, -0.25) is 9.59 Å². The van der Waals surface area contributed by atoms with Gasteiger partial charge in [-0.15, -0.1) is 0 Å². The number of Topliss-reactive ketones (excluding diaryl/α,β-unsaturated/α-hetero) is 1. The minimum atomic E-state index is -0.396. The Labute approximate surface area is 200 Å². The van der Waals surface area contributed by atoms with Crippen molar-refractivity contribution < 1.29 is 43.4 Å². The summed E-state index contributed by atoms with van der Waals surface area (Å²) in [5.74, 6) is -0.103. The van der Waals surface area contributed by atoms with Crippen molar-refractivity contribution in [2.75, 3.05) is 33.5 Å². The van der Waals surface area contributed by atoms with Crippen LogP contribution < -0.4 is 4.74 Å². The number of fused-ring (bicyclic) bond motifs is 1. The maximum absolute atomic E-state index is 11.7. The van der Waals surface area contributed by atoms with Crippen molar-refractivity contribution >= 4 is 29.3 Å². The number of carbonyl (C=O) groups is 2. The molecule has 0 fully saturated rings. The fourth-order valence-corrected chi connectivity index (χ4v) is 2.78. The number of oxime groups is 3. The molecule has 2 aliphatic rings. The molecule has 0 aliphatic carbocycles. The molecule has 0 aromatic heterocycles. The van der Waals surface area contributed by atoms with E-state index in [1.54, 1.807) is 48.5 Å². The molecular formula is C23H23N3O9. The largest absolute Gasteiger partial charge is 0.507 e. The zero-order chi connectivity index (χ0) is 25.0. The molecule has 0 atom stereocenters. The summed E-state index contributed by atoms with van der Waals surface area (Å²) in [4.78, 5) is 36.7. The van der Waals surface area contributed by atoms with Gasteiger partial charge in [-0.25, -0.2) is 0 Å². The van der Waals surface area contributed by atoms with Gasteiger partial charge in [0.2, 0.25) is 0 Å². The summed E-state index contributed by atoms with van der Waals surface area (Å²) in [6.07, 6.45) is 0. The first kappa shape index (κ1) is 25.0. The number of aromatic hydroxyl groups is 1. The molecule has 0 radical (unpaired) electrons. The van der Waals surface area contributed by atoms with Gasteiger partial charge in [-0.1, -0.05) is 29.4 Å². The van der Waals surface area contributed by atoms with Gasteiger partial charge in [0.05, 0.1) is 11.1 Å². The Bertz CT molecular complexity index is 1140. The van der Waals surface area contributed by atoms with E-state index in [2.05, 4.69) is 20.2 Å². The van der Waals surface area contributed by atoms with Crippen LogP contribution in [0.2, 0.25) is 0 Å². The Hall–Kier alpha value is -4.61. The number of ether oxygens (including phenoxy) is 3. The Morgan fingerprint density at radius 1 is 1.11 bits per heavy atom. The van der Waals surface area contributed by atoms with E-state index in [1.807, 2.05) is 0 Å². The lowest BCUT2D eigenvalue weighted by molar-refractivity contribution is -0.142. The number of esters is 1. The van der Waals surface area contributed by atoms with Gasteiger partial charge in [0.25, 0.3) is 11.7 Å². The molecule has 0 saturated heterocycles. The maximum atomic E-state index is 11.7. The van der Waals surface area contributed by atoms with Crippen LogP contribution in [0.5, 0.6) is 11.5 Å². The summed E-state index contributed by atoms with van der Waals surface area (Å²) in [5, 5.41) is 20.9. The third-order valence-electron chi connectivity index (χ3n) is 4.27. The van der Waals surface area contributed by atoms with E-state index in [1.165, 1.54) is 14.0 Å². The monoisotopic (exact) mass is 485 g/mol. The van der Waals surface area contributed by atoms with Crippen molar-refractivity contribution in [3.63, 3.8) is 0 Å². The average molecular weight is 485 g/mol. The molecule has 2 aromatic rings. The standard InChI is InChI=1S/C12H11NO5.C11H12N2O4/c1-8(14)16-6-7-17-13-12-11(15)9-4-2-3-5-10(9)18-12;1-15-12-10(11-13-17-7-6-16-11)8-4-2-3-5-9(8)14/h2-5H,6-7H2,1H3;2-5,14H,6-7H2,1H3. The molecule has 2 aromatic carbocycles. The molecule has 184 valence electrons. The number of phenols is 1. The highest BCUT2D eigenvalue weighted by Crippen LogP contribution is 2.25. The number of carbonyl (C=O) groups excluding carboxylic acids is 2. The van der Waals surface area contributed by atoms with Crippen molar-refractivity contribution in [2.24, 2.45) is 15.5 Å². The van der Waals surface area contributed by atoms with Crippen molar-refractivity contribution in [3.05, 3.63) is 59.7 Å². The molecule has 0 saturated carbocycles. The van der Waals surface area contributed by atoms with Crippen LogP contribution in [0.25, 0.3) is 0 Å². The van der Waals surface area contributed by atoms with E-state index in [4.69, 9.17) is 24.0 Å². The highest BCUT2D eigenvalue weighted by atomic mass is 16.7. The predicted molar refractivity (Wildman–Crippen MR) is 122 cm³/mol. The molecular weight excluding hydrogens is 462 g/mol. The molecule has 35 heavy (non-hydrogen) atoms. The molecule has 12 heteroatoms. The topological polar surface area (TPSA) is 147 Å². The third-order valence-corrected chi connectivity index (χ3v) is 4.27. The number of benzene rings is 2. The summed E-state index contributed by atoms with van der Waals surface area (Å²) in [7, 11) is 1.41. The normalized spacial score (nSPS) is 15.4. The molecule has 0 bridgehead atoms. The first-order valence-corrected chi connectivity index (χ1v) is 10.4. The number of phenolic OH excluding ortho intramolecular Hbond substituents is 1. The van der Waals surface area contributed by atoms with Crippen LogP contribution in [0.3, 0.4) is 0 Å². The predicted octanol–water partition coefficient (Wildman–Crippen LogP) is 2.26. The molecule has 0 amide bonds. The molecule has 12 nitrogen and oxygen atoms in total. The molecule has 0 spiro atoms. The number of ketones is 1. The lowest BCUT2D eigenvalue weighted by Gasteiger charge is -2.15. The van der Waals surface area contributed by atoms with E-state index in [9.17, 15) is 14.7 Å². The van der Waals surface area contributed by atoms with E-state index in [0.29, 0.717) is 35.8 Å². The molecule has 4 rings (SSSR count). The molecule has 0 unspecified atom stereocenters. The van der Waals surface area contributed by atoms with Gasteiger partial charge >= 0.3 is 11.9 Å². The first-order valence-electron chi connectivity index (χ1n) is 10.4. The van der Waals surface area contributed by atoms with Gasteiger partial charge in [0.15, 0.2) is 18.9 Å². The summed E-state index contributed by atoms with van der Waals surface area (Å²) >= 11 is 0. The lowest BCUT2D eigenvalue weighted by Crippen LogP contribution is -2.25. The highest BCUT2D eigenvalue weighted by Gasteiger charge is 2.29. The Kier molecular flexibility index (Phi) is 8.99. The van der Waals surface area contributed by atoms with Crippen LogP contribution in [0.15, 0.2) is 64.0 Å². The number of para-hydroxylation sites is 2. The first-order chi connectivity index (χ1) is 17.0. The van der Waals surface area contributed by atoms with E-state index in [0.717, 1.165) is 0 Å². The fourth-order valence-electron chi connectivity index (χ4n) is 2.78. The second-order valence-corrected chi connectivity index (χ2v) is 6.71. The van der Waals surface area contributed by atoms with E-state index < -0.39 is 5.97 Å². The van der Waals surface area contributed by atoms with Gasteiger partial charge in [-0.05, 0) is 34.6 Å². The number of rotatable bonds is 7. The van der Waals surface area contributed by atoms with Crippen molar-refractivity contribution in [1.29, 1.82) is 0 Å². The van der Waals surface area contributed by atoms with Gasteiger partial charge < -0.3 is 33.8 Å². The summed E-state index contributed by atoms with van der Waals surface area (Å²) in [5.41, 5.74) is 1.23. The van der Waals surface area contributed by atoms with Crippen LogP contribution >= 0.6 is 0 Å². The third kappa shape index (κ3) is 6.93. The lowest BCUT2D eigenvalue weighted by atomic mass is 10.1. The Morgan fingerprint density at radius 3 is 2.57 bits per heavy atom. The van der Waals surface area contributed by atoms with Crippen LogP contribution in [0.1, 0.15) is 22.8 Å². The summed E-state index contributed by atoms with van der Waals surface area (Å²) in [6, 6.07) is 13.5. The maximum Gasteiger partial charge on any atom is 0.304 e. The minimum absolute atomic E-state index is 0.0655. The van der Waals surface area contributed by atoms with Gasteiger partial charge in [0, 0.05) is 6.92 Å². The SMILES string of the molecule is CC(=O)OCCON=C1Oc2ccccc2C1=O.CON=C(C1=NOCCO1)c1ccccc1O. The quantitative estimate of drug-likeness (QED) is 0.270. The Balaban J connectivity index is 0.000000196. The second kappa shape index (κ2) is 12.6. The smallest absolute Gasteiger partial charge is 0.304 e. The molecule has 2 aliphatic heterocycles. The van der Waals surface area contributed by atoms with Crippen LogP contribution in [-0.4, -0.2) is 67.9 Å². The Morgan fingerprint density at radius 2 is 1.89 bits per heavy atom. The second-order valence-electron chi connectivity index (χ2n) is 6.71. The fraction of sp³-hybridized carbons (Fsp3) is 0.261. The van der Waals surface area contributed by atoms with Crippen molar-refractivity contribution in [3.8, 4) is 11.5 Å². The summed E-state index contributed by atoms with van der Waals surface area (Å²) in [6.45, 7) is 2.22. The highest BCUT2D eigenvalue weighted by molar-refractivity contribution is 6.46. The van der Waals surface area contributed by atoms with Gasteiger partial charge in [-0.2, -0.15) is 0 Å². The van der Waals surface area contributed by atoms with E-state index in [-0.39, 0.29) is 36.5 Å². The zero-order valence-electron chi connectivity index (χ0n) is 19.0.